The Bertz CT molecular complexity index is 712. The molecule has 3 rings (SSSR count). The average molecular weight is 366 g/mol. The van der Waals surface area contributed by atoms with Gasteiger partial charge in [-0.05, 0) is 39.5 Å². The van der Waals surface area contributed by atoms with E-state index >= 15 is 0 Å². The molecular weight excluding hydrogens is 354 g/mol. The number of thiophene rings is 1. The molecule has 21 heavy (non-hydrogen) atoms. The molecular formula is C15H12BrNO3S. The number of carbonyl (C=O) groups excluding carboxylic acids is 1. The van der Waals surface area contributed by atoms with Crippen LogP contribution in [0.15, 0.2) is 39.5 Å². The molecule has 1 aromatic heterocycles. The first-order chi connectivity index (χ1) is 10.1. The number of halogens is 1. The molecule has 2 heterocycles. The fraction of sp³-hybridized carbons (Fsp3) is 0.200. The van der Waals surface area contributed by atoms with E-state index in [-0.39, 0.29) is 5.91 Å². The van der Waals surface area contributed by atoms with Crippen molar-refractivity contribution in [3.63, 3.8) is 0 Å². The fourth-order valence-corrected chi connectivity index (χ4v) is 3.77. The highest BCUT2D eigenvalue weighted by molar-refractivity contribution is 9.11. The third-order valence-corrected chi connectivity index (χ3v) is 5.10. The molecule has 1 aliphatic rings. The minimum atomic E-state index is -0.996. The standard InChI is InChI=1S/C15H12BrNO3S/c16-12-7-10(8-21-12)14(18)17-6-5-9-3-1-2-4-11(9)13(17)15(19)20/h1-4,7-8,13H,5-6H2,(H,19,20). The van der Waals surface area contributed by atoms with E-state index in [1.807, 2.05) is 18.2 Å². The predicted molar refractivity (Wildman–Crippen MR) is 83.6 cm³/mol. The summed E-state index contributed by atoms with van der Waals surface area (Å²) in [4.78, 5) is 25.7. The fourth-order valence-electron chi connectivity index (χ4n) is 2.64. The molecule has 0 bridgehead atoms. The van der Waals surface area contributed by atoms with Gasteiger partial charge in [-0.3, -0.25) is 4.79 Å². The van der Waals surface area contributed by atoms with Crippen molar-refractivity contribution in [2.75, 3.05) is 6.54 Å². The summed E-state index contributed by atoms with van der Waals surface area (Å²) < 4.78 is 0.857. The first-order valence-corrected chi connectivity index (χ1v) is 8.11. The second-order valence-corrected chi connectivity index (χ2v) is 7.12. The van der Waals surface area contributed by atoms with Crippen molar-refractivity contribution in [3.05, 3.63) is 56.2 Å². The summed E-state index contributed by atoms with van der Waals surface area (Å²) in [5.74, 6) is -1.23. The van der Waals surface area contributed by atoms with E-state index in [1.165, 1.54) is 16.2 Å². The molecule has 108 valence electrons. The van der Waals surface area contributed by atoms with Crippen LogP contribution in [-0.4, -0.2) is 28.4 Å². The second kappa shape index (κ2) is 5.61. The predicted octanol–water partition coefficient (Wildman–Crippen LogP) is 3.33. The highest BCUT2D eigenvalue weighted by atomic mass is 79.9. The Morgan fingerprint density at radius 3 is 2.76 bits per heavy atom. The van der Waals surface area contributed by atoms with Crippen LogP contribution >= 0.6 is 27.3 Å². The molecule has 1 aliphatic heterocycles. The molecule has 1 amide bonds. The maximum atomic E-state index is 12.6. The number of hydrogen-bond acceptors (Lipinski definition) is 3. The SMILES string of the molecule is O=C(O)C1c2ccccc2CCN1C(=O)c1csc(Br)c1. The van der Waals surface area contributed by atoms with Crippen LogP contribution in [0.2, 0.25) is 0 Å². The van der Waals surface area contributed by atoms with Crippen molar-refractivity contribution >= 4 is 39.1 Å². The lowest BCUT2D eigenvalue weighted by Gasteiger charge is -2.34. The van der Waals surface area contributed by atoms with Crippen molar-refractivity contribution in [1.82, 2.24) is 4.90 Å². The molecule has 1 atom stereocenters. The summed E-state index contributed by atoms with van der Waals surface area (Å²) in [5, 5.41) is 11.3. The van der Waals surface area contributed by atoms with Crippen molar-refractivity contribution in [2.45, 2.75) is 12.5 Å². The molecule has 0 aliphatic carbocycles. The summed E-state index contributed by atoms with van der Waals surface area (Å²) in [6.07, 6.45) is 0.678. The Labute approximate surface area is 134 Å². The third-order valence-electron chi connectivity index (χ3n) is 3.59. The van der Waals surface area contributed by atoms with Crippen molar-refractivity contribution < 1.29 is 14.7 Å². The van der Waals surface area contributed by atoms with Crippen molar-refractivity contribution in [1.29, 1.82) is 0 Å². The van der Waals surface area contributed by atoms with Crippen LogP contribution in [0.5, 0.6) is 0 Å². The van der Waals surface area contributed by atoms with Gasteiger partial charge < -0.3 is 10.0 Å². The lowest BCUT2D eigenvalue weighted by atomic mass is 9.92. The van der Waals surface area contributed by atoms with Gasteiger partial charge in [-0.2, -0.15) is 0 Å². The van der Waals surface area contributed by atoms with Crippen LogP contribution in [0, 0.1) is 0 Å². The minimum Gasteiger partial charge on any atom is -0.479 e. The number of hydrogen-bond donors (Lipinski definition) is 1. The van der Waals surface area contributed by atoms with Crippen LogP contribution < -0.4 is 0 Å². The average Bonchev–Trinajstić information content (AvgIpc) is 2.91. The van der Waals surface area contributed by atoms with Gasteiger partial charge in [0.15, 0.2) is 6.04 Å². The number of carbonyl (C=O) groups is 2. The quantitative estimate of drug-likeness (QED) is 0.887. The Kier molecular flexibility index (Phi) is 3.82. The van der Waals surface area contributed by atoms with Gasteiger partial charge in [-0.25, -0.2) is 4.79 Å². The zero-order valence-corrected chi connectivity index (χ0v) is 13.4. The monoisotopic (exact) mass is 365 g/mol. The Morgan fingerprint density at radius 1 is 1.33 bits per heavy atom. The van der Waals surface area contributed by atoms with Crippen LogP contribution in [-0.2, 0) is 11.2 Å². The number of fused-ring (bicyclic) bond motifs is 1. The molecule has 1 unspecified atom stereocenters. The van der Waals surface area contributed by atoms with Gasteiger partial charge >= 0.3 is 5.97 Å². The molecule has 0 spiro atoms. The smallest absolute Gasteiger partial charge is 0.331 e. The number of aliphatic carboxylic acids is 1. The summed E-state index contributed by atoms with van der Waals surface area (Å²) in [5.41, 5.74) is 2.23. The second-order valence-electron chi connectivity index (χ2n) is 4.83. The van der Waals surface area contributed by atoms with Crippen LogP contribution in [0.25, 0.3) is 0 Å². The Balaban J connectivity index is 1.99. The molecule has 0 saturated carbocycles. The lowest BCUT2D eigenvalue weighted by molar-refractivity contribution is -0.143. The molecule has 0 saturated heterocycles. The number of carboxylic acid groups (broad SMARTS) is 1. The van der Waals surface area contributed by atoms with E-state index < -0.39 is 12.0 Å². The topological polar surface area (TPSA) is 57.6 Å². The third kappa shape index (κ3) is 2.61. The largest absolute Gasteiger partial charge is 0.479 e. The van der Waals surface area contributed by atoms with Gasteiger partial charge in [0.2, 0.25) is 0 Å². The maximum Gasteiger partial charge on any atom is 0.331 e. The van der Waals surface area contributed by atoms with E-state index in [2.05, 4.69) is 15.9 Å². The molecule has 1 aromatic carbocycles. The first kappa shape index (κ1) is 14.3. The van der Waals surface area contributed by atoms with Gasteiger partial charge in [0.1, 0.15) is 0 Å². The van der Waals surface area contributed by atoms with Gasteiger partial charge in [0.25, 0.3) is 5.91 Å². The summed E-state index contributed by atoms with van der Waals surface area (Å²) >= 11 is 4.74. The highest BCUT2D eigenvalue weighted by Gasteiger charge is 2.36. The van der Waals surface area contributed by atoms with E-state index in [1.54, 1.807) is 17.5 Å². The molecule has 6 heteroatoms. The van der Waals surface area contributed by atoms with Crippen LogP contribution in [0.1, 0.15) is 27.5 Å². The zero-order valence-electron chi connectivity index (χ0n) is 11.0. The van der Waals surface area contributed by atoms with Crippen molar-refractivity contribution in [3.8, 4) is 0 Å². The van der Waals surface area contributed by atoms with Gasteiger partial charge in [0, 0.05) is 11.9 Å². The van der Waals surface area contributed by atoms with Gasteiger partial charge in [-0.1, -0.05) is 24.3 Å². The van der Waals surface area contributed by atoms with E-state index in [4.69, 9.17) is 0 Å². The minimum absolute atomic E-state index is 0.237. The number of benzene rings is 1. The normalized spacial score (nSPS) is 17.4. The first-order valence-electron chi connectivity index (χ1n) is 6.43. The number of amides is 1. The lowest BCUT2D eigenvalue weighted by Crippen LogP contribution is -2.43. The van der Waals surface area contributed by atoms with E-state index in [9.17, 15) is 14.7 Å². The summed E-state index contributed by atoms with van der Waals surface area (Å²) in [6, 6.07) is 8.23. The molecule has 1 N–H and O–H groups in total. The van der Waals surface area contributed by atoms with Crippen LogP contribution in [0.3, 0.4) is 0 Å². The highest BCUT2D eigenvalue weighted by Crippen LogP contribution is 2.32. The Hall–Kier alpha value is -1.66. The maximum absolute atomic E-state index is 12.6. The number of nitrogens with zero attached hydrogens (tertiary/aromatic N) is 1. The zero-order chi connectivity index (χ0) is 15.0. The Morgan fingerprint density at radius 2 is 2.10 bits per heavy atom. The molecule has 2 aromatic rings. The van der Waals surface area contributed by atoms with Crippen molar-refractivity contribution in [2.24, 2.45) is 0 Å². The molecule has 4 nitrogen and oxygen atoms in total. The number of carboxylic acids is 1. The molecule has 0 radical (unpaired) electrons. The van der Waals surface area contributed by atoms with Gasteiger partial charge in [0.05, 0.1) is 9.35 Å². The summed E-state index contributed by atoms with van der Waals surface area (Å²) in [7, 11) is 0. The number of rotatable bonds is 2. The van der Waals surface area contributed by atoms with E-state index in [0.717, 1.165) is 9.35 Å². The van der Waals surface area contributed by atoms with Crippen LogP contribution in [0.4, 0.5) is 0 Å². The summed E-state index contributed by atoms with van der Waals surface area (Å²) in [6.45, 7) is 0.417. The van der Waals surface area contributed by atoms with E-state index in [0.29, 0.717) is 24.1 Å². The van der Waals surface area contributed by atoms with Gasteiger partial charge in [-0.15, -0.1) is 11.3 Å². The molecule has 0 fully saturated rings.